The molecule has 0 aliphatic rings. The summed E-state index contributed by atoms with van der Waals surface area (Å²) in [5, 5.41) is 1.27. The number of fused-ring (bicyclic) bond motifs is 1. The zero-order chi connectivity index (χ0) is 24.8. The molecular formula is C20H10F10N2O. The van der Waals surface area contributed by atoms with Crippen LogP contribution in [0.25, 0.3) is 10.9 Å². The summed E-state index contributed by atoms with van der Waals surface area (Å²) in [6.45, 7) is 0. The number of carbonyl (C=O) groups excluding carboxylic acids is 1. The summed E-state index contributed by atoms with van der Waals surface area (Å²) in [4.78, 5) is 16.0. The number of benzene rings is 2. The van der Waals surface area contributed by atoms with Gasteiger partial charge in [0.1, 0.15) is 0 Å². The minimum absolute atomic E-state index is 0.216. The van der Waals surface area contributed by atoms with Gasteiger partial charge in [-0.05, 0) is 36.4 Å². The van der Waals surface area contributed by atoms with Crippen molar-refractivity contribution < 1.29 is 48.7 Å². The zero-order valence-electron chi connectivity index (χ0n) is 15.8. The molecule has 2 aromatic carbocycles. The molecule has 0 atom stereocenters. The summed E-state index contributed by atoms with van der Waals surface area (Å²) in [5.74, 6) is -1.03. The highest BCUT2D eigenvalue weighted by Gasteiger charge is 2.74. The van der Waals surface area contributed by atoms with Crippen LogP contribution in [0.4, 0.5) is 49.6 Å². The summed E-state index contributed by atoms with van der Waals surface area (Å²) in [5.41, 5.74) is -9.82. The number of amides is 1. The molecule has 13 heteroatoms. The monoisotopic (exact) mass is 484 g/mol. The third-order valence-electron chi connectivity index (χ3n) is 4.64. The van der Waals surface area contributed by atoms with Crippen molar-refractivity contribution in [2.45, 2.75) is 24.2 Å². The molecule has 0 aliphatic heterocycles. The topological polar surface area (TPSA) is 42.0 Å². The van der Waals surface area contributed by atoms with Gasteiger partial charge in [0, 0.05) is 22.7 Å². The Morgan fingerprint density at radius 3 is 1.85 bits per heavy atom. The molecule has 1 heterocycles. The molecular weight excluding hydrogens is 474 g/mol. The molecule has 1 N–H and O–H groups in total. The molecule has 1 aromatic heterocycles. The predicted octanol–water partition coefficient (Wildman–Crippen LogP) is 6.80. The van der Waals surface area contributed by atoms with Crippen molar-refractivity contribution in [3.8, 4) is 0 Å². The zero-order valence-corrected chi connectivity index (χ0v) is 15.8. The van der Waals surface area contributed by atoms with Crippen molar-refractivity contribution in [2.75, 3.05) is 5.32 Å². The first-order valence-corrected chi connectivity index (χ1v) is 8.76. The second-order valence-electron chi connectivity index (χ2n) is 6.74. The average molecular weight is 484 g/mol. The second kappa shape index (κ2) is 7.89. The van der Waals surface area contributed by atoms with E-state index in [4.69, 9.17) is 0 Å². The van der Waals surface area contributed by atoms with Crippen LogP contribution in [-0.4, -0.2) is 23.2 Å². The number of hydrogen-bond donors (Lipinski definition) is 1. The lowest BCUT2D eigenvalue weighted by Crippen LogP contribution is -2.50. The van der Waals surface area contributed by atoms with Gasteiger partial charge in [0.15, 0.2) is 0 Å². The molecule has 3 aromatic rings. The SMILES string of the molecule is O=C(Nc1ccc(C(F)(C(F)(F)F)C(F)(F)F)c2cccnc12)c1ccc(C(F)(F)F)cc1. The Kier molecular flexibility index (Phi) is 5.80. The van der Waals surface area contributed by atoms with Crippen LogP contribution in [0.1, 0.15) is 21.5 Å². The van der Waals surface area contributed by atoms with Crippen LogP contribution in [0.3, 0.4) is 0 Å². The largest absolute Gasteiger partial charge is 0.435 e. The van der Waals surface area contributed by atoms with Crippen molar-refractivity contribution in [3.63, 3.8) is 0 Å². The molecule has 0 radical (unpaired) electrons. The maximum atomic E-state index is 14.6. The van der Waals surface area contributed by atoms with E-state index in [-0.39, 0.29) is 17.3 Å². The third-order valence-corrected chi connectivity index (χ3v) is 4.64. The van der Waals surface area contributed by atoms with Crippen LogP contribution >= 0.6 is 0 Å². The average Bonchev–Trinajstić information content (AvgIpc) is 2.71. The van der Waals surface area contributed by atoms with Crippen LogP contribution in [0.15, 0.2) is 54.7 Å². The second-order valence-corrected chi connectivity index (χ2v) is 6.74. The number of nitrogens with one attached hydrogen (secondary N) is 1. The summed E-state index contributed by atoms with van der Waals surface area (Å²) < 4.78 is 132. The summed E-state index contributed by atoms with van der Waals surface area (Å²) >= 11 is 0. The van der Waals surface area contributed by atoms with E-state index < -0.39 is 52.1 Å². The Labute approximate surface area is 178 Å². The lowest BCUT2D eigenvalue weighted by Gasteiger charge is -2.31. The Morgan fingerprint density at radius 2 is 1.33 bits per heavy atom. The number of alkyl halides is 10. The predicted molar refractivity (Wildman–Crippen MR) is 96.0 cm³/mol. The molecule has 3 nitrogen and oxygen atoms in total. The van der Waals surface area contributed by atoms with Gasteiger partial charge in [-0.15, -0.1) is 0 Å². The number of hydrogen-bond acceptors (Lipinski definition) is 2. The maximum Gasteiger partial charge on any atom is 0.435 e. The van der Waals surface area contributed by atoms with Crippen LogP contribution in [0, 0.1) is 0 Å². The summed E-state index contributed by atoms with van der Waals surface area (Å²) in [7, 11) is 0. The Bertz CT molecular complexity index is 1170. The highest BCUT2D eigenvalue weighted by atomic mass is 19.4. The smallest absolute Gasteiger partial charge is 0.320 e. The molecule has 0 fully saturated rings. The summed E-state index contributed by atoms with van der Waals surface area (Å²) in [6, 6.07) is 5.41. The minimum Gasteiger partial charge on any atom is -0.320 e. The first-order chi connectivity index (χ1) is 15.1. The molecule has 0 aliphatic carbocycles. The van der Waals surface area contributed by atoms with E-state index in [1.165, 1.54) is 0 Å². The molecule has 0 spiro atoms. The van der Waals surface area contributed by atoms with Crippen molar-refractivity contribution >= 4 is 22.5 Å². The van der Waals surface area contributed by atoms with E-state index in [1.807, 2.05) is 0 Å². The first-order valence-electron chi connectivity index (χ1n) is 8.76. The highest BCUT2D eigenvalue weighted by Crippen LogP contribution is 2.54. The van der Waals surface area contributed by atoms with Gasteiger partial charge < -0.3 is 5.32 Å². The number of pyridine rings is 1. The number of anilines is 1. The Balaban J connectivity index is 2.07. The molecule has 0 unspecified atom stereocenters. The normalized spacial score (nSPS) is 13.3. The van der Waals surface area contributed by atoms with Gasteiger partial charge in [0.2, 0.25) is 0 Å². The number of aromatic nitrogens is 1. The number of carbonyl (C=O) groups is 1. The summed E-state index contributed by atoms with van der Waals surface area (Å²) in [6.07, 6.45) is -16.4. The Hall–Kier alpha value is -3.38. The number of nitrogens with zero attached hydrogens (tertiary/aromatic N) is 1. The molecule has 3 rings (SSSR count). The third kappa shape index (κ3) is 4.31. The molecule has 0 bridgehead atoms. The molecule has 1 amide bonds. The first kappa shape index (κ1) is 24.3. The van der Waals surface area contributed by atoms with E-state index in [9.17, 15) is 48.7 Å². The van der Waals surface area contributed by atoms with E-state index in [0.717, 1.165) is 30.5 Å². The van der Waals surface area contributed by atoms with Crippen LogP contribution in [-0.2, 0) is 11.8 Å². The molecule has 33 heavy (non-hydrogen) atoms. The number of halogens is 10. The van der Waals surface area contributed by atoms with Gasteiger partial charge in [-0.3, -0.25) is 9.78 Å². The van der Waals surface area contributed by atoms with Gasteiger partial charge in [-0.2, -0.15) is 39.5 Å². The van der Waals surface area contributed by atoms with Crippen molar-refractivity contribution in [2.24, 2.45) is 0 Å². The fourth-order valence-electron chi connectivity index (χ4n) is 3.05. The quantitative estimate of drug-likeness (QED) is 0.416. The lowest BCUT2D eigenvalue weighted by molar-refractivity contribution is -0.348. The maximum absolute atomic E-state index is 14.6. The van der Waals surface area contributed by atoms with Gasteiger partial charge in [0.05, 0.1) is 16.8 Å². The fourth-order valence-corrected chi connectivity index (χ4v) is 3.05. The van der Waals surface area contributed by atoms with E-state index in [1.54, 1.807) is 0 Å². The van der Waals surface area contributed by atoms with Crippen LogP contribution in [0.2, 0.25) is 0 Å². The van der Waals surface area contributed by atoms with Crippen molar-refractivity contribution in [3.05, 3.63) is 71.4 Å². The van der Waals surface area contributed by atoms with Crippen LogP contribution in [0.5, 0.6) is 0 Å². The fraction of sp³-hybridized carbons (Fsp3) is 0.200. The highest BCUT2D eigenvalue weighted by molar-refractivity contribution is 6.08. The molecule has 0 saturated heterocycles. The van der Waals surface area contributed by atoms with Gasteiger partial charge in [-0.25, -0.2) is 4.39 Å². The standard InChI is InChI=1S/C20H10F10N2O/c21-17(19(25,26)27,20(28,29)30)13-7-8-14(15-12(13)2-1-9-31-15)32-16(33)10-3-5-11(6-4-10)18(22,23)24/h1-9H,(H,32,33). The minimum atomic E-state index is -6.36. The van der Waals surface area contributed by atoms with Crippen LogP contribution < -0.4 is 5.32 Å². The molecule has 0 saturated carbocycles. The van der Waals surface area contributed by atoms with Gasteiger partial charge >= 0.3 is 24.2 Å². The van der Waals surface area contributed by atoms with Gasteiger partial charge in [0.25, 0.3) is 5.91 Å². The number of rotatable bonds is 3. The lowest BCUT2D eigenvalue weighted by atomic mass is 9.90. The molecule has 176 valence electrons. The van der Waals surface area contributed by atoms with Gasteiger partial charge in [-0.1, -0.05) is 12.1 Å². The van der Waals surface area contributed by atoms with Crippen molar-refractivity contribution in [1.29, 1.82) is 0 Å². The van der Waals surface area contributed by atoms with E-state index >= 15 is 0 Å². The van der Waals surface area contributed by atoms with Crippen molar-refractivity contribution in [1.82, 2.24) is 4.98 Å². The van der Waals surface area contributed by atoms with E-state index in [2.05, 4.69) is 10.3 Å². The van der Waals surface area contributed by atoms with E-state index in [0.29, 0.717) is 18.2 Å². The Morgan fingerprint density at radius 1 is 0.758 bits per heavy atom.